The normalized spacial score (nSPS) is 46.3. The van der Waals surface area contributed by atoms with Gasteiger partial charge in [0.1, 0.15) is 0 Å². The third kappa shape index (κ3) is 3.75. The molecule has 4 aliphatic rings. The number of allylic oxidation sites excluding steroid dienone is 1. The molecule has 166 valence electrons. The first-order valence-electron chi connectivity index (χ1n) is 12.8. The lowest BCUT2D eigenvalue weighted by Crippen LogP contribution is -2.50. The van der Waals surface area contributed by atoms with Crippen molar-refractivity contribution in [2.75, 3.05) is 6.61 Å². The third-order valence-electron chi connectivity index (χ3n) is 10.5. The van der Waals surface area contributed by atoms with E-state index in [1.165, 1.54) is 57.8 Å². The molecule has 2 heteroatoms. The van der Waals surface area contributed by atoms with E-state index in [2.05, 4.69) is 33.8 Å². The Morgan fingerprint density at radius 2 is 1.83 bits per heavy atom. The molecule has 9 atom stereocenters. The second-order valence-corrected chi connectivity index (χ2v) is 12.1. The highest BCUT2D eigenvalue weighted by Gasteiger charge is 2.59. The Bertz CT molecular complexity index is 612. The van der Waals surface area contributed by atoms with E-state index in [-0.39, 0.29) is 6.10 Å². The molecule has 4 aliphatic carbocycles. The standard InChI is InChI=1S/C27H46O2/c1-18(17-28)6-5-7-19(2)23-10-11-24-22-9-8-20-16-21(29)12-14-26(20,3)25(22)13-15-27(23,24)4/h8,18-19,21-25,28-29H,5-7,9-17H2,1-4H3/t18-,19+,21-,22-,23-,24-,25-,26-,27-/m0/s1. The highest BCUT2D eigenvalue weighted by Crippen LogP contribution is 2.67. The van der Waals surface area contributed by atoms with Crippen LogP contribution < -0.4 is 0 Å². The van der Waals surface area contributed by atoms with E-state index in [9.17, 15) is 10.2 Å². The molecule has 3 saturated carbocycles. The highest BCUT2D eigenvalue weighted by atomic mass is 16.3. The second-order valence-electron chi connectivity index (χ2n) is 12.1. The first-order valence-corrected chi connectivity index (χ1v) is 12.8. The predicted molar refractivity (Wildman–Crippen MR) is 120 cm³/mol. The molecule has 0 aromatic rings. The van der Waals surface area contributed by atoms with Gasteiger partial charge in [-0.15, -0.1) is 0 Å². The van der Waals surface area contributed by atoms with Crippen LogP contribution in [0.1, 0.15) is 98.3 Å². The summed E-state index contributed by atoms with van der Waals surface area (Å²) in [6.07, 6.45) is 16.4. The molecule has 0 radical (unpaired) electrons. The summed E-state index contributed by atoms with van der Waals surface area (Å²) in [6.45, 7) is 10.2. The van der Waals surface area contributed by atoms with Crippen LogP contribution in [0.25, 0.3) is 0 Å². The van der Waals surface area contributed by atoms with Crippen LogP contribution >= 0.6 is 0 Å². The molecule has 0 bridgehead atoms. The van der Waals surface area contributed by atoms with Crippen molar-refractivity contribution >= 4 is 0 Å². The van der Waals surface area contributed by atoms with E-state index in [1.807, 2.05) is 0 Å². The van der Waals surface area contributed by atoms with Gasteiger partial charge in [-0.05, 0) is 104 Å². The molecule has 0 saturated heterocycles. The molecule has 4 rings (SSSR count). The lowest BCUT2D eigenvalue weighted by molar-refractivity contribution is -0.0573. The van der Waals surface area contributed by atoms with Gasteiger partial charge in [-0.2, -0.15) is 0 Å². The largest absolute Gasteiger partial charge is 0.396 e. The van der Waals surface area contributed by atoms with Gasteiger partial charge < -0.3 is 10.2 Å². The molecular formula is C27H46O2. The fourth-order valence-corrected chi connectivity index (χ4v) is 8.70. The lowest BCUT2D eigenvalue weighted by atomic mass is 9.47. The van der Waals surface area contributed by atoms with Gasteiger partial charge >= 0.3 is 0 Å². The van der Waals surface area contributed by atoms with Gasteiger partial charge in [0.15, 0.2) is 0 Å². The topological polar surface area (TPSA) is 40.5 Å². The van der Waals surface area contributed by atoms with Gasteiger partial charge in [0.2, 0.25) is 0 Å². The SMILES string of the molecule is C[C@H](CO)CCC[C@@H](C)[C@@H]1CC[C@H]2[C@@H]3CC=C4C[C@@H](O)CC[C@]4(C)[C@H]3CC[C@]21C. The first kappa shape index (κ1) is 21.9. The van der Waals surface area contributed by atoms with E-state index in [0.29, 0.717) is 23.4 Å². The van der Waals surface area contributed by atoms with Gasteiger partial charge in [0.25, 0.3) is 0 Å². The van der Waals surface area contributed by atoms with Crippen molar-refractivity contribution < 1.29 is 10.2 Å². The predicted octanol–water partition coefficient (Wildman–Crippen LogP) is 6.36. The van der Waals surface area contributed by atoms with Crippen LogP contribution in [0.3, 0.4) is 0 Å². The van der Waals surface area contributed by atoms with Crippen LogP contribution in [0.4, 0.5) is 0 Å². The summed E-state index contributed by atoms with van der Waals surface area (Å²) in [5.41, 5.74) is 2.51. The Hall–Kier alpha value is -0.340. The minimum Gasteiger partial charge on any atom is -0.396 e. The van der Waals surface area contributed by atoms with Crippen LogP contribution in [-0.4, -0.2) is 22.9 Å². The summed E-state index contributed by atoms with van der Waals surface area (Å²) >= 11 is 0. The van der Waals surface area contributed by atoms with Crippen LogP contribution in [-0.2, 0) is 0 Å². The second kappa shape index (κ2) is 8.30. The average Bonchev–Trinajstić information content (AvgIpc) is 3.05. The van der Waals surface area contributed by atoms with Crippen molar-refractivity contribution in [3.8, 4) is 0 Å². The minimum atomic E-state index is -0.0926. The lowest BCUT2D eigenvalue weighted by Gasteiger charge is -2.58. The monoisotopic (exact) mass is 402 g/mol. The number of rotatable bonds is 6. The van der Waals surface area contributed by atoms with E-state index in [4.69, 9.17) is 0 Å². The fraction of sp³-hybridized carbons (Fsp3) is 0.926. The van der Waals surface area contributed by atoms with Gasteiger partial charge in [-0.1, -0.05) is 52.2 Å². The molecule has 3 fully saturated rings. The summed E-state index contributed by atoms with van der Waals surface area (Å²) in [4.78, 5) is 0. The molecule has 0 amide bonds. The molecule has 0 aromatic carbocycles. The summed E-state index contributed by atoms with van der Waals surface area (Å²) in [5, 5.41) is 19.5. The molecule has 0 unspecified atom stereocenters. The number of fused-ring (bicyclic) bond motifs is 5. The maximum atomic E-state index is 10.2. The number of hydrogen-bond acceptors (Lipinski definition) is 2. The molecular weight excluding hydrogens is 356 g/mol. The van der Waals surface area contributed by atoms with E-state index in [0.717, 1.165) is 42.4 Å². The van der Waals surface area contributed by atoms with Gasteiger partial charge in [-0.3, -0.25) is 0 Å². The summed E-state index contributed by atoms with van der Waals surface area (Å²) in [7, 11) is 0. The van der Waals surface area contributed by atoms with Crippen molar-refractivity contribution in [2.45, 2.75) is 104 Å². The minimum absolute atomic E-state index is 0.0926. The number of aliphatic hydroxyl groups excluding tert-OH is 2. The van der Waals surface area contributed by atoms with E-state index < -0.39 is 0 Å². The Labute approximate surface area is 179 Å². The van der Waals surface area contributed by atoms with Crippen molar-refractivity contribution in [3.63, 3.8) is 0 Å². The van der Waals surface area contributed by atoms with Crippen molar-refractivity contribution in [3.05, 3.63) is 11.6 Å². The Balaban J connectivity index is 1.46. The van der Waals surface area contributed by atoms with Crippen LogP contribution in [0, 0.1) is 46.3 Å². The molecule has 0 aliphatic heterocycles. The molecule has 2 N–H and O–H groups in total. The van der Waals surface area contributed by atoms with Gasteiger partial charge in [0.05, 0.1) is 6.10 Å². The summed E-state index contributed by atoms with van der Waals surface area (Å²) < 4.78 is 0. The zero-order valence-electron chi connectivity index (χ0n) is 19.5. The Morgan fingerprint density at radius 3 is 2.59 bits per heavy atom. The number of hydrogen-bond donors (Lipinski definition) is 2. The van der Waals surface area contributed by atoms with Gasteiger partial charge in [-0.25, -0.2) is 0 Å². The quantitative estimate of drug-likeness (QED) is 0.507. The highest BCUT2D eigenvalue weighted by molar-refractivity contribution is 5.25. The van der Waals surface area contributed by atoms with Crippen molar-refractivity contribution in [2.24, 2.45) is 46.3 Å². The first-order chi connectivity index (χ1) is 13.8. The maximum absolute atomic E-state index is 10.2. The zero-order chi connectivity index (χ0) is 20.8. The van der Waals surface area contributed by atoms with Crippen LogP contribution in [0.2, 0.25) is 0 Å². The average molecular weight is 403 g/mol. The van der Waals surface area contributed by atoms with E-state index in [1.54, 1.807) is 5.57 Å². The van der Waals surface area contributed by atoms with Crippen LogP contribution in [0.15, 0.2) is 11.6 Å². The third-order valence-corrected chi connectivity index (χ3v) is 10.5. The molecule has 2 nitrogen and oxygen atoms in total. The molecule has 0 aromatic heterocycles. The molecule has 0 heterocycles. The Morgan fingerprint density at radius 1 is 1.03 bits per heavy atom. The van der Waals surface area contributed by atoms with Crippen LogP contribution in [0.5, 0.6) is 0 Å². The van der Waals surface area contributed by atoms with Gasteiger partial charge in [0, 0.05) is 6.61 Å². The van der Waals surface area contributed by atoms with E-state index >= 15 is 0 Å². The van der Waals surface area contributed by atoms with Crippen molar-refractivity contribution in [1.29, 1.82) is 0 Å². The molecule has 29 heavy (non-hydrogen) atoms. The number of aliphatic hydroxyl groups is 2. The summed E-state index contributed by atoms with van der Waals surface area (Å²) in [5.74, 6) is 4.82. The Kier molecular flexibility index (Phi) is 6.26. The molecule has 0 spiro atoms. The van der Waals surface area contributed by atoms with Crippen molar-refractivity contribution in [1.82, 2.24) is 0 Å². The maximum Gasteiger partial charge on any atom is 0.0577 e. The summed E-state index contributed by atoms with van der Waals surface area (Å²) in [6, 6.07) is 0. The fourth-order valence-electron chi connectivity index (χ4n) is 8.70. The zero-order valence-corrected chi connectivity index (χ0v) is 19.5. The smallest absolute Gasteiger partial charge is 0.0577 e.